The van der Waals surface area contributed by atoms with Crippen LogP contribution in [-0.2, 0) is 21.1 Å². The van der Waals surface area contributed by atoms with Gasteiger partial charge in [-0.05, 0) is 142 Å². The van der Waals surface area contributed by atoms with Crippen LogP contribution in [0.3, 0.4) is 0 Å². The molecule has 0 amide bonds. The fourth-order valence-electron chi connectivity index (χ4n) is 9.77. The molecule has 0 atom stereocenters. The number of pyridine rings is 3. The first-order valence-electron chi connectivity index (χ1n) is 22.8. The topological polar surface area (TPSA) is 11.6 Å². The van der Waals surface area contributed by atoms with Crippen molar-refractivity contribution < 1.29 is 13.7 Å². The van der Waals surface area contributed by atoms with E-state index in [1.54, 1.807) is 0 Å². The second-order valence-corrected chi connectivity index (χ2v) is 17.6. The van der Waals surface area contributed by atoms with Gasteiger partial charge in [-0.2, -0.15) is 0 Å². The molecule has 0 aliphatic rings. The van der Waals surface area contributed by atoms with E-state index in [-0.39, 0.29) is 0 Å². The number of hydrogen-bond donors (Lipinski definition) is 0. The minimum Gasteiger partial charge on any atom is -0.200 e. The smallest absolute Gasteiger partial charge is 0.200 e. The van der Waals surface area contributed by atoms with Gasteiger partial charge in [0.15, 0.2) is 18.6 Å². The molecule has 0 aliphatic heterocycles. The van der Waals surface area contributed by atoms with Crippen molar-refractivity contribution in [1.82, 2.24) is 0 Å². The van der Waals surface area contributed by atoms with Crippen LogP contribution in [0.25, 0.3) is 101 Å². The van der Waals surface area contributed by atoms with E-state index in [9.17, 15) is 0 Å². The molecule has 0 bridgehead atoms. The van der Waals surface area contributed by atoms with Gasteiger partial charge in [-0.3, -0.25) is 0 Å². The average Bonchev–Trinajstić information content (AvgIpc) is 3.34. The number of hydrogen-bond acceptors (Lipinski definition) is 0. The third kappa shape index (κ3) is 8.05. The molecule has 0 N–H and O–H groups in total. The van der Waals surface area contributed by atoms with Crippen LogP contribution in [0.2, 0.25) is 0 Å². The Morgan fingerprint density at radius 2 is 0.439 bits per heavy atom. The van der Waals surface area contributed by atoms with Gasteiger partial charge in [0, 0.05) is 51.6 Å². The molecule has 3 aromatic heterocycles. The SMILES string of the molecule is Cc1ccccc1-c1ccc(-c2ccccc2-c2cc(-c3ccccc3-c3ccc(-c4ccccc4C)[n+](C)c3)cc(-c3ccccc3-c3ccc(-c4ccccc4C)[n+](C)c3)c2)c[n+]1C. The standard InChI is InChI=1S/C63H54N3/c1-43-19-7-10-22-52(43)61-34-31-46(40-64(61)4)55-25-13-16-28-58(55)49-37-50(59-29-17-14-26-56(59)47-32-35-62(65(5)41-47)53-23-11-8-20-44(53)2)39-51(38-49)60-30-18-15-27-57(60)48-33-36-63(66(6)42-48)54-24-12-9-21-45(54)3/h7-42H,1-6H3/q+3. The monoisotopic (exact) mass is 852 g/mol. The summed E-state index contributed by atoms with van der Waals surface area (Å²) in [6, 6.07) is 73.2. The Kier molecular flexibility index (Phi) is 11.4. The van der Waals surface area contributed by atoms with E-state index < -0.39 is 0 Å². The third-order valence-corrected chi connectivity index (χ3v) is 13.2. The van der Waals surface area contributed by atoms with Crippen LogP contribution < -0.4 is 13.7 Å². The highest BCUT2D eigenvalue weighted by Crippen LogP contribution is 2.42. The van der Waals surface area contributed by atoms with E-state index in [0.717, 1.165) is 16.7 Å². The van der Waals surface area contributed by atoms with Gasteiger partial charge < -0.3 is 0 Å². The molecule has 7 aromatic carbocycles. The van der Waals surface area contributed by atoms with Crippen molar-refractivity contribution in [3.8, 4) is 101 Å². The number of aromatic nitrogens is 3. The highest BCUT2D eigenvalue weighted by atomic mass is 14.9. The van der Waals surface area contributed by atoms with Crippen LogP contribution in [0.15, 0.2) is 219 Å². The highest BCUT2D eigenvalue weighted by Gasteiger charge is 2.21. The molecule has 3 heterocycles. The summed E-state index contributed by atoms with van der Waals surface area (Å²) in [5.74, 6) is 0. The summed E-state index contributed by atoms with van der Waals surface area (Å²) >= 11 is 0. The molecular formula is C63H54N3+3. The summed E-state index contributed by atoms with van der Waals surface area (Å²) in [6.07, 6.45) is 6.82. The van der Waals surface area contributed by atoms with Crippen molar-refractivity contribution >= 4 is 0 Å². The van der Waals surface area contributed by atoms with Crippen molar-refractivity contribution in [3.05, 3.63) is 235 Å². The Morgan fingerprint density at radius 1 is 0.227 bits per heavy atom. The summed E-state index contributed by atoms with van der Waals surface area (Å²) in [7, 11) is 6.46. The molecule has 66 heavy (non-hydrogen) atoms. The molecule has 0 saturated carbocycles. The quantitative estimate of drug-likeness (QED) is 0.128. The summed E-state index contributed by atoms with van der Waals surface area (Å²) in [5.41, 5.74) is 25.2. The maximum absolute atomic E-state index is 2.39. The minimum absolute atomic E-state index is 1.16. The molecular weight excluding hydrogens is 799 g/mol. The van der Waals surface area contributed by atoms with Gasteiger partial charge >= 0.3 is 0 Å². The van der Waals surface area contributed by atoms with Gasteiger partial charge in [0.1, 0.15) is 21.1 Å². The first-order chi connectivity index (χ1) is 32.2. The average molecular weight is 853 g/mol. The second kappa shape index (κ2) is 17.9. The lowest BCUT2D eigenvalue weighted by molar-refractivity contribution is -0.660. The van der Waals surface area contributed by atoms with E-state index in [1.165, 1.54) is 101 Å². The lowest BCUT2D eigenvalue weighted by atomic mass is 9.86. The van der Waals surface area contributed by atoms with Crippen LogP contribution in [0.4, 0.5) is 0 Å². The third-order valence-electron chi connectivity index (χ3n) is 13.2. The maximum Gasteiger partial charge on any atom is 0.212 e. The zero-order chi connectivity index (χ0) is 45.3. The number of benzene rings is 7. The summed E-state index contributed by atoms with van der Waals surface area (Å²) < 4.78 is 6.78. The van der Waals surface area contributed by atoms with Gasteiger partial charge in [-0.15, -0.1) is 0 Å². The van der Waals surface area contributed by atoms with Crippen LogP contribution >= 0.6 is 0 Å². The van der Waals surface area contributed by atoms with E-state index in [1.807, 2.05) is 0 Å². The van der Waals surface area contributed by atoms with Crippen LogP contribution in [0.5, 0.6) is 0 Å². The Balaban J connectivity index is 1.15. The molecule has 0 saturated heterocycles. The van der Waals surface area contributed by atoms with Crippen molar-refractivity contribution in [2.75, 3.05) is 0 Å². The molecule has 3 nitrogen and oxygen atoms in total. The highest BCUT2D eigenvalue weighted by molar-refractivity contribution is 5.94. The Morgan fingerprint density at radius 3 is 0.667 bits per heavy atom. The molecule has 3 heteroatoms. The second-order valence-electron chi connectivity index (χ2n) is 17.6. The molecule has 0 aliphatic carbocycles. The summed E-state index contributed by atoms with van der Waals surface area (Å²) in [6.45, 7) is 6.54. The largest absolute Gasteiger partial charge is 0.212 e. The molecule has 0 unspecified atom stereocenters. The van der Waals surface area contributed by atoms with Gasteiger partial charge in [0.05, 0.1) is 0 Å². The summed E-state index contributed by atoms with van der Waals surface area (Å²) in [4.78, 5) is 0. The summed E-state index contributed by atoms with van der Waals surface area (Å²) in [5, 5.41) is 0. The number of nitrogens with zero attached hydrogens (tertiary/aromatic N) is 3. The van der Waals surface area contributed by atoms with Crippen molar-refractivity contribution in [1.29, 1.82) is 0 Å². The zero-order valence-electron chi connectivity index (χ0n) is 38.6. The lowest BCUT2D eigenvalue weighted by Crippen LogP contribution is -2.30. The van der Waals surface area contributed by atoms with Crippen molar-refractivity contribution in [3.63, 3.8) is 0 Å². The van der Waals surface area contributed by atoms with Crippen LogP contribution in [-0.4, -0.2) is 0 Å². The van der Waals surface area contributed by atoms with E-state index in [2.05, 4.69) is 274 Å². The Labute approximate surface area is 389 Å². The van der Waals surface area contributed by atoms with Crippen molar-refractivity contribution in [2.24, 2.45) is 21.1 Å². The Bertz CT molecular complexity index is 3070. The minimum atomic E-state index is 1.16. The predicted octanol–water partition coefficient (Wildman–Crippen LogP) is 14.1. The first kappa shape index (κ1) is 42.0. The number of rotatable bonds is 9. The maximum atomic E-state index is 2.39. The van der Waals surface area contributed by atoms with Crippen LogP contribution in [0.1, 0.15) is 16.7 Å². The van der Waals surface area contributed by atoms with Crippen LogP contribution in [0, 0.1) is 20.8 Å². The Hall–Kier alpha value is -8.01. The van der Waals surface area contributed by atoms with Gasteiger partial charge in [-0.25, -0.2) is 13.7 Å². The van der Waals surface area contributed by atoms with Gasteiger partial charge in [0.2, 0.25) is 17.1 Å². The molecule has 10 aromatic rings. The first-order valence-corrected chi connectivity index (χ1v) is 22.8. The fraction of sp³-hybridized carbons (Fsp3) is 0.0952. The molecule has 10 rings (SSSR count). The molecule has 0 spiro atoms. The lowest BCUT2D eigenvalue weighted by Gasteiger charge is -2.17. The van der Waals surface area contributed by atoms with Gasteiger partial charge in [0.25, 0.3) is 0 Å². The molecule has 0 radical (unpaired) electrons. The molecule has 318 valence electrons. The molecule has 0 fully saturated rings. The predicted molar refractivity (Wildman–Crippen MR) is 273 cm³/mol. The van der Waals surface area contributed by atoms with E-state index >= 15 is 0 Å². The number of aryl methyl sites for hydroxylation is 6. The van der Waals surface area contributed by atoms with E-state index in [4.69, 9.17) is 0 Å². The zero-order valence-corrected chi connectivity index (χ0v) is 38.6. The van der Waals surface area contributed by atoms with E-state index in [0.29, 0.717) is 0 Å². The van der Waals surface area contributed by atoms with Gasteiger partial charge in [-0.1, -0.05) is 127 Å². The normalized spacial score (nSPS) is 11.2. The fourth-order valence-corrected chi connectivity index (χ4v) is 9.77. The van der Waals surface area contributed by atoms with Crippen molar-refractivity contribution in [2.45, 2.75) is 20.8 Å².